The summed E-state index contributed by atoms with van der Waals surface area (Å²) in [5.74, 6) is 0.0113. The molecule has 0 saturated heterocycles. The molecule has 0 amide bonds. The highest BCUT2D eigenvalue weighted by atomic mass is 32.2. The molecule has 0 unspecified atom stereocenters. The second-order valence-electron chi connectivity index (χ2n) is 6.39. The van der Waals surface area contributed by atoms with Crippen LogP contribution < -0.4 is 11.2 Å². The van der Waals surface area contributed by atoms with Gasteiger partial charge in [-0.15, -0.1) is 0 Å². The molecule has 0 aliphatic rings. The molecule has 1 aromatic carbocycles. The average molecular weight is 414 g/mol. The number of fused-ring (bicyclic) bond motifs is 1. The molecule has 2 aromatic heterocycles. The van der Waals surface area contributed by atoms with Crippen molar-refractivity contribution in [3.05, 3.63) is 51.2 Å². The van der Waals surface area contributed by atoms with Gasteiger partial charge in [-0.2, -0.15) is 0 Å². The third kappa shape index (κ3) is 3.95. The highest BCUT2D eigenvalue weighted by molar-refractivity contribution is 8.00. The summed E-state index contributed by atoms with van der Waals surface area (Å²) in [6, 6.07) is 9.27. The highest BCUT2D eigenvalue weighted by Crippen LogP contribution is 2.30. The summed E-state index contributed by atoms with van der Waals surface area (Å²) in [4.78, 5) is 46.7. The molecule has 0 bridgehead atoms. The van der Waals surface area contributed by atoms with Gasteiger partial charge in [-0.1, -0.05) is 49.0 Å². The lowest BCUT2D eigenvalue weighted by Gasteiger charge is -2.16. The second-order valence-corrected chi connectivity index (χ2v) is 7.58. The zero-order chi connectivity index (χ0) is 21.1. The Morgan fingerprint density at radius 3 is 2.41 bits per heavy atom. The summed E-state index contributed by atoms with van der Waals surface area (Å²) < 4.78 is 7.49. The third-order valence-corrected chi connectivity index (χ3v) is 5.80. The maximum atomic E-state index is 12.9. The van der Waals surface area contributed by atoms with Gasteiger partial charge in [0.2, 0.25) is 0 Å². The minimum absolute atomic E-state index is 0.210. The van der Waals surface area contributed by atoms with E-state index < -0.39 is 16.5 Å². The molecule has 0 fully saturated rings. The van der Waals surface area contributed by atoms with Crippen LogP contribution in [0.25, 0.3) is 22.4 Å². The van der Waals surface area contributed by atoms with Gasteiger partial charge in [0, 0.05) is 19.7 Å². The van der Waals surface area contributed by atoms with Crippen molar-refractivity contribution >= 4 is 28.8 Å². The lowest BCUT2D eigenvalue weighted by atomic mass is 10.2. The predicted octanol–water partition coefficient (Wildman–Crippen LogP) is 2.13. The fraction of sp³-hybridized carbons (Fsp3) is 0.350. The van der Waals surface area contributed by atoms with Crippen molar-refractivity contribution in [2.24, 2.45) is 14.1 Å². The van der Waals surface area contributed by atoms with E-state index in [2.05, 4.69) is 9.97 Å². The maximum absolute atomic E-state index is 12.9. The highest BCUT2D eigenvalue weighted by Gasteiger charge is 2.25. The summed E-state index contributed by atoms with van der Waals surface area (Å²) in [5, 5.41) is 0.0330. The van der Waals surface area contributed by atoms with Crippen molar-refractivity contribution in [3.8, 4) is 11.4 Å². The Bertz CT molecular complexity index is 1170. The standard InChI is InChI=1S/C20H22N4O4S/c1-5-13(19(26)28-6-2)29-17-14-16(23(3)20(27)24(4)18(14)25)21-15(22-17)12-10-8-7-9-11-12/h7-11,13H,5-6H2,1-4H3/t13-/m1/s1. The zero-order valence-corrected chi connectivity index (χ0v) is 17.5. The van der Waals surface area contributed by atoms with Crippen LogP contribution in [0.4, 0.5) is 0 Å². The number of esters is 1. The molecule has 29 heavy (non-hydrogen) atoms. The number of aryl methyl sites for hydroxylation is 1. The Balaban J connectivity index is 2.30. The number of carbonyl (C=O) groups excluding carboxylic acids is 1. The van der Waals surface area contributed by atoms with Crippen LogP contribution in [0.5, 0.6) is 0 Å². The number of ether oxygens (including phenoxy) is 1. The molecule has 3 aromatic rings. The maximum Gasteiger partial charge on any atom is 0.332 e. The zero-order valence-electron chi connectivity index (χ0n) is 16.7. The molecule has 152 valence electrons. The van der Waals surface area contributed by atoms with E-state index >= 15 is 0 Å². The van der Waals surface area contributed by atoms with Crippen LogP contribution in [-0.2, 0) is 23.6 Å². The summed E-state index contributed by atoms with van der Waals surface area (Å²) in [6.07, 6.45) is 0.502. The average Bonchev–Trinajstić information content (AvgIpc) is 2.74. The van der Waals surface area contributed by atoms with Crippen LogP contribution in [-0.4, -0.2) is 36.9 Å². The number of thioether (sulfide) groups is 1. The van der Waals surface area contributed by atoms with Gasteiger partial charge in [0.25, 0.3) is 5.56 Å². The van der Waals surface area contributed by atoms with Crippen LogP contribution in [0, 0.1) is 0 Å². The van der Waals surface area contributed by atoms with E-state index in [0.717, 1.165) is 21.9 Å². The first-order valence-corrected chi connectivity index (χ1v) is 10.1. The van der Waals surface area contributed by atoms with E-state index in [-0.39, 0.29) is 23.6 Å². The summed E-state index contributed by atoms with van der Waals surface area (Å²) in [7, 11) is 2.97. The smallest absolute Gasteiger partial charge is 0.332 e. The molecule has 8 nitrogen and oxygen atoms in total. The fourth-order valence-corrected chi connectivity index (χ4v) is 3.93. The molecular weight excluding hydrogens is 392 g/mol. The van der Waals surface area contributed by atoms with Crippen LogP contribution in [0.2, 0.25) is 0 Å². The summed E-state index contributed by atoms with van der Waals surface area (Å²) in [6.45, 7) is 3.88. The second kappa shape index (κ2) is 8.60. The monoisotopic (exact) mass is 414 g/mol. The van der Waals surface area contributed by atoms with Crippen molar-refractivity contribution < 1.29 is 9.53 Å². The number of aromatic nitrogens is 4. The Kier molecular flexibility index (Phi) is 6.17. The third-order valence-electron chi connectivity index (χ3n) is 4.47. The van der Waals surface area contributed by atoms with Gasteiger partial charge in [0.1, 0.15) is 15.7 Å². The van der Waals surface area contributed by atoms with Gasteiger partial charge in [-0.05, 0) is 13.3 Å². The van der Waals surface area contributed by atoms with Crippen LogP contribution in [0.15, 0.2) is 44.9 Å². The first-order chi connectivity index (χ1) is 13.9. The number of benzene rings is 1. The summed E-state index contributed by atoms with van der Waals surface area (Å²) in [5.41, 5.74) is -0.000700. The molecule has 2 heterocycles. The number of hydrogen-bond donors (Lipinski definition) is 0. The van der Waals surface area contributed by atoms with Crippen molar-refractivity contribution in [2.45, 2.75) is 30.5 Å². The lowest BCUT2D eigenvalue weighted by molar-refractivity contribution is -0.142. The topological polar surface area (TPSA) is 96.1 Å². The number of nitrogens with zero attached hydrogens (tertiary/aromatic N) is 4. The molecule has 0 saturated carbocycles. The SMILES string of the molecule is CCOC(=O)[C@@H](CC)Sc1nc(-c2ccccc2)nc2c1c(=O)n(C)c(=O)n2C. The van der Waals surface area contributed by atoms with E-state index in [0.29, 0.717) is 17.3 Å². The molecule has 0 radical (unpaired) electrons. The normalized spacial score (nSPS) is 12.1. The van der Waals surface area contributed by atoms with Crippen molar-refractivity contribution in [1.82, 2.24) is 19.1 Å². The molecule has 1 atom stereocenters. The van der Waals surface area contributed by atoms with Gasteiger partial charge in [-0.3, -0.25) is 18.7 Å². The van der Waals surface area contributed by atoms with E-state index in [1.807, 2.05) is 37.3 Å². The van der Waals surface area contributed by atoms with Gasteiger partial charge in [-0.25, -0.2) is 14.8 Å². The molecule has 0 aliphatic carbocycles. The van der Waals surface area contributed by atoms with Crippen LogP contribution >= 0.6 is 11.8 Å². The van der Waals surface area contributed by atoms with Crippen molar-refractivity contribution in [2.75, 3.05) is 6.61 Å². The van der Waals surface area contributed by atoms with Gasteiger partial charge < -0.3 is 4.74 Å². The van der Waals surface area contributed by atoms with Gasteiger partial charge in [0.15, 0.2) is 11.5 Å². The largest absolute Gasteiger partial charge is 0.465 e. The van der Waals surface area contributed by atoms with E-state index in [9.17, 15) is 14.4 Å². The Labute approximate surface area is 171 Å². The molecular formula is C20H22N4O4S. The minimum atomic E-state index is -0.529. The Morgan fingerprint density at radius 1 is 1.10 bits per heavy atom. The first kappa shape index (κ1) is 20.8. The van der Waals surface area contributed by atoms with Crippen molar-refractivity contribution in [3.63, 3.8) is 0 Å². The van der Waals surface area contributed by atoms with Crippen LogP contribution in [0.1, 0.15) is 20.3 Å². The van der Waals surface area contributed by atoms with Gasteiger partial charge in [0.05, 0.1) is 6.61 Å². The van der Waals surface area contributed by atoms with E-state index in [4.69, 9.17) is 4.74 Å². The number of carbonyl (C=O) groups is 1. The van der Waals surface area contributed by atoms with E-state index in [1.54, 1.807) is 14.0 Å². The molecule has 9 heteroatoms. The van der Waals surface area contributed by atoms with E-state index in [1.165, 1.54) is 11.6 Å². The number of hydrogen-bond acceptors (Lipinski definition) is 7. The van der Waals surface area contributed by atoms with Crippen molar-refractivity contribution in [1.29, 1.82) is 0 Å². The Morgan fingerprint density at radius 2 is 1.79 bits per heavy atom. The Hall–Kier alpha value is -2.94. The van der Waals surface area contributed by atoms with Crippen LogP contribution in [0.3, 0.4) is 0 Å². The quantitative estimate of drug-likeness (QED) is 0.346. The first-order valence-electron chi connectivity index (χ1n) is 9.25. The molecule has 0 N–H and O–H groups in total. The molecule has 0 spiro atoms. The predicted molar refractivity (Wildman–Crippen MR) is 112 cm³/mol. The molecule has 3 rings (SSSR count). The summed E-state index contributed by atoms with van der Waals surface area (Å²) >= 11 is 1.16. The number of rotatable bonds is 6. The molecule has 0 aliphatic heterocycles. The van der Waals surface area contributed by atoms with Gasteiger partial charge >= 0.3 is 11.7 Å². The fourth-order valence-electron chi connectivity index (χ4n) is 2.90. The lowest BCUT2D eigenvalue weighted by Crippen LogP contribution is -2.38. The minimum Gasteiger partial charge on any atom is -0.465 e.